The van der Waals surface area contributed by atoms with Gasteiger partial charge < -0.3 is 10.6 Å². The molecule has 0 radical (unpaired) electrons. The first-order chi connectivity index (χ1) is 9.83. The van der Waals surface area contributed by atoms with Crippen molar-refractivity contribution >= 4 is 17.7 Å². The Labute approximate surface area is 128 Å². The van der Waals surface area contributed by atoms with Gasteiger partial charge in [-0.05, 0) is 68.3 Å². The predicted octanol–water partition coefficient (Wildman–Crippen LogP) is 3.12. The van der Waals surface area contributed by atoms with E-state index in [4.69, 9.17) is 0 Å². The number of hydrogen-bond acceptors (Lipinski definition) is 2. The maximum Gasteiger partial charge on any atom is 0.190 e. The second-order valence-corrected chi connectivity index (χ2v) is 7.33. The molecule has 2 rings (SSSR count). The fourth-order valence-corrected chi connectivity index (χ4v) is 4.40. The maximum absolute atomic E-state index is 4.31. The molecule has 3 unspecified atom stereocenters. The first-order valence-electron chi connectivity index (χ1n) is 8.27. The van der Waals surface area contributed by atoms with Crippen LogP contribution < -0.4 is 10.6 Å². The number of nitrogens with one attached hydrogen (secondary N) is 2. The molecule has 20 heavy (non-hydrogen) atoms. The van der Waals surface area contributed by atoms with Crippen molar-refractivity contribution in [3.05, 3.63) is 0 Å². The molecule has 0 aromatic heterocycles. The van der Waals surface area contributed by atoms with Crippen molar-refractivity contribution in [2.24, 2.45) is 22.7 Å². The molecule has 2 N–H and O–H groups in total. The molecule has 2 saturated carbocycles. The smallest absolute Gasteiger partial charge is 0.190 e. The molecular formula is C16H31N3S. The number of aliphatic imine (C=N–C) groups is 1. The summed E-state index contributed by atoms with van der Waals surface area (Å²) in [6, 6.07) is 0. The molecule has 116 valence electrons. The lowest BCUT2D eigenvalue weighted by Crippen LogP contribution is -2.38. The van der Waals surface area contributed by atoms with Gasteiger partial charge >= 0.3 is 0 Å². The third-order valence-corrected chi connectivity index (χ3v) is 5.68. The summed E-state index contributed by atoms with van der Waals surface area (Å²) < 4.78 is 0. The Morgan fingerprint density at radius 3 is 2.65 bits per heavy atom. The quantitative estimate of drug-likeness (QED) is 0.410. The Balaban J connectivity index is 1.53. The van der Waals surface area contributed by atoms with E-state index in [1.54, 1.807) is 0 Å². The number of unbranched alkanes of at least 4 members (excludes halogenated alkanes) is 1. The average molecular weight is 298 g/mol. The van der Waals surface area contributed by atoms with Crippen molar-refractivity contribution in [1.82, 2.24) is 10.6 Å². The number of fused-ring (bicyclic) bond motifs is 2. The van der Waals surface area contributed by atoms with Gasteiger partial charge in [0.05, 0.1) is 0 Å². The van der Waals surface area contributed by atoms with Crippen LogP contribution >= 0.6 is 11.8 Å². The highest BCUT2D eigenvalue weighted by molar-refractivity contribution is 7.98. The maximum atomic E-state index is 4.31. The zero-order chi connectivity index (χ0) is 14.2. The van der Waals surface area contributed by atoms with Gasteiger partial charge in [-0.3, -0.25) is 4.99 Å². The van der Waals surface area contributed by atoms with E-state index in [-0.39, 0.29) is 0 Å². The van der Waals surface area contributed by atoms with Crippen molar-refractivity contribution in [3.8, 4) is 0 Å². The van der Waals surface area contributed by atoms with Gasteiger partial charge in [0.25, 0.3) is 0 Å². The molecule has 0 amide bonds. The predicted molar refractivity (Wildman–Crippen MR) is 90.5 cm³/mol. The fraction of sp³-hybridized carbons (Fsp3) is 0.938. The Hall–Kier alpha value is -0.380. The van der Waals surface area contributed by atoms with E-state index in [1.165, 1.54) is 50.7 Å². The standard InChI is InChI=1S/C16H31N3S/c1-17-16(18-8-3-4-10-20-2)19-9-7-15-12-13-5-6-14(15)11-13/h13-15H,3-12H2,1-2H3,(H2,17,18,19). The van der Waals surface area contributed by atoms with E-state index in [9.17, 15) is 0 Å². The fourth-order valence-electron chi connectivity index (χ4n) is 3.90. The SMILES string of the molecule is CN=C(NCCCCSC)NCCC1CC2CCC1C2. The molecule has 3 nitrogen and oxygen atoms in total. The summed E-state index contributed by atoms with van der Waals surface area (Å²) in [7, 11) is 1.87. The Kier molecular flexibility index (Phi) is 7.05. The zero-order valence-corrected chi connectivity index (χ0v) is 14.0. The zero-order valence-electron chi connectivity index (χ0n) is 13.2. The van der Waals surface area contributed by atoms with Crippen LogP contribution in [0.2, 0.25) is 0 Å². The van der Waals surface area contributed by atoms with Crippen LogP contribution in [0.4, 0.5) is 0 Å². The highest BCUT2D eigenvalue weighted by Gasteiger charge is 2.38. The van der Waals surface area contributed by atoms with Gasteiger partial charge in [-0.25, -0.2) is 0 Å². The molecule has 0 saturated heterocycles. The van der Waals surface area contributed by atoms with Crippen molar-refractivity contribution in [3.63, 3.8) is 0 Å². The summed E-state index contributed by atoms with van der Waals surface area (Å²) in [6.45, 7) is 2.12. The van der Waals surface area contributed by atoms with Crippen molar-refractivity contribution in [2.45, 2.75) is 44.9 Å². The van der Waals surface area contributed by atoms with Crippen LogP contribution in [0.3, 0.4) is 0 Å². The van der Waals surface area contributed by atoms with Crippen molar-refractivity contribution in [1.29, 1.82) is 0 Å². The molecule has 4 heteroatoms. The molecule has 0 aromatic rings. The van der Waals surface area contributed by atoms with E-state index in [0.717, 1.165) is 36.8 Å². The van der Waals surface area contributed by atoms with Crippen LogP contribution in [0.5, 0.6) is 0 Å². The molecule has 2 aliphatic rings. The van der Waals surface area contributed by atoms with Crippen LogP contribution in [0.15, 0.2) is 4.99 Å². The van der Waals surface area contributed by atoms with E-state index in [2.05, 4.69) is 21.9 Å². The van der Waals surface area contributed by atoms with E-state index < -0.39 is 0 Å². The van der Waals surface area contributed by atoms with E-state index in [1.807, 2.05) is 18.8 Å². The molecule has 0 heterocycles. The second-order valence-electron chi connectivity index (χ2n) is 6.35. The van der Waals surface area contributed by atoms with Gasteiger partial charge in [0.2, 0.25) is 0 Å². The van der Waals surface area contributed by atoms with Crippen molar-refractivity contribution < 1.29 is 0 Å². The molecule has 0 spiro atoms. The monoisotopic (exact) mass is 297 g/mol. The topological polar surface area (TPSA) is 36.4 Å². The molecule has 2 fully saturated rings. The summed E-state index contributed by atoms with van der Waals surface area (Å²) in [4.78, 5) is 4.31. The van der Waals surface area contributed by atoms with Crippen LogP contribution in [0.25, 0.3) is 0 Å². The van der Waals surface area contributed by atoms with Gasteiger partial charge in [0, 0.05) is 20.1 Å². The van der Waals surface area contributed by atoms with Gasteiger partial charge in [-0.1, -0.05) is 6.42 Å². The van der Waals surface area contributed by atoms with Gasteiger partial charge in [-0.15, -0.1) is 0 Å². The molecular weight excluding hydrogens is 266 g/mol. The lowest BCUT2D eigenvalue weighted by atomic mass is 9.86. The molecule has 2 bridgehead atoms. The summed E-state index contributed by atoms with van der Waals surface area (Å²) in [5.41, 5.74) is 0. The first kappa shape index (κ1) is 16.0. The summed E-state index contributed by atoms with van der Waals surface area (Å²) in [5.74, 6) is 5.35. The summed E-state index contributed by atoms with van der Waals surface area (Å²) >= 11 is 1.93. The number of guanidine groups is 1. The highest BCUT2D eigenvalue weighted by Crippen LogP contribution is 2.49. The normalized spacial score (nSPS) is 28.9. The first-order valence-corrected chi connectivity index (χ1v) is 9.66. The highest BCUT2D eigenvalue weighted by atomic mass is 32.2. The van der Waals surface area contributed by atoms with Gasteiger partial charge in [-0.2, -0.15) is 11.8 Å². The molecule has 0 aromatic carbocycles. The Morgan fingerprint density at radius 2 is 2.00 bits per heavy atom. The molecule has 2 aliphatic carbocycles. The minimum atomic E-state index is 0.984. The average Bonchev–Trinajstić information content (AvgIpc) is 3.07. The van der Waals surface area contributed by atoms with Gasteiger partial charge in [0.1, 0.15) is 0 Å². The van der Waals surface area contributed by atoms with Crippen molar-refractivity contribution in [2.75, 3.05) is 32.1 Å². The number of nitrogens with zero attached hydrogens (tertiary/aromatic N) is 1. The number of rotatable bonds is 8. The van der Waals surface area contributed by atoms with E-state index >= 15 is 0 Å². The second kappa shape index (κ2) is 8.81. The van der Waals surface area contributed by atoms with Crippen LogP contribution in [0.1, 0.15) is 44.9 Å². The largest absolute Gasteiger partial charge is 0.356 e. The van der Waals surface area contributed by atoms with Crippen LogP contribution in [0, 0.1) is 17.8 Å². The lowest BCUT2D eigenvalue weighted by Gasteiger charge is -2.22. The Bertz CT molecular complexity index is 306. The van der Waals surface area contributed by atoms with Gasteiger partial charge in [0.15, 0.2) is 5.96 Å². The minimum Gasteiger partial charge on any atom is -0.356 e. The van der Waals surface area contributed by atoms with Crippen LogP contribution in [-0.2, 0) is 0 Å². The summed E-state index contributed by atoms with van der Waals surface area (Å²) in [5, 5.41) is 6.90. The van der Waals surface area contributed by atoms with Crippen LogP contribution in [-0.4, -0.2) is 38.1 Å². The molecule has 3 atom stereocenters. The third-order valence-electron chi connectivity index (χ3n) is 4.98. The molecule has 0 aliphatic heterocycles. The number of hydrogen-bond donors (Lipinski definition) is 2. The lowest BCUT2D eigenvalue weighted by molar-refractivity contribution is 0.315. The third kappa shape index (κ3) is 4.87. The van der Waals surface area contributed by atoms with E-state index in [0.29, 0.717) is 0 Å². The minimum absolute atomic E-state index is 0.984. The number of thioether (sulfide) groups is 1. The Morgan fingerprint density at radius 1 is 1.15 bits per heavy atom. The summed E-state index contributed by atoms with van der Waals surface area (Å²) in [6.07, 6.45) is 12.0.